The van der Waals surface area contributed by atoms with E-state index in [9.17, 15) is 31.4 Å². The predicted octanol–water partition coefficient (Wildman–Crippen LogP) is 4.91. The maximum atomic E-state index is 13.6. The highest BCUT2D eigenvalue weighted by Gasteiger charge is 2.74. The van der Waals surface area contributed by atoms with Crippen molar-refractivity contribution in [1.29, 1.82) is 0 Å². The van der Waals surface area contributed by atoms with Crippen molar-refractivity contribution >= 4 is 28.7 Å². The molecule has 1 unspecified atom stereocenters. The average Bonchev–Trinajstić information content (AvgIpc) is 3.23. The van der Waals surface area contributed by atoms with Gasteiger partial charge in [0, 0.05) is 43.3 Å². The number of nitrogens with zero attached hydrogens (tertiary/aromatic N) is 3. The summed E-state index contributed by atoms with van der Waals surface area (Å²) in [5.41, 5.74) is -5.21. The largest absolute Gasteiger partial charge is 0.431 e. The number of halogens is 7. The lowest BCUT2D eigenvalue weighted by Crippen LogP contribution is -2.62. The van der Waals surface area contributed by atoms with Crippen LogP contribution in [0.4, 0.5) is 37.7 Å². The minimum absolute atomic E-state index is 0.162. The van der Waals surface area contributed by atoms with Gasteiger partial charge < -0.3 is 15.3 Å². The van der Waals surface area contributed by atoms with Gasteiger partial charge in [-0.25, -0.2) is 0 Å². The molecule has 1 atom stereocenters. The zero-order chi connectivity index (χ0) is 24.7. The summed E-state index contributed by atoms with van der Waals surface area (Å²) < 4.78 is 81.5. The molecule has 2 aliphatic heterocycles. The van der Waals surface area contributed by atoms with Gasteiger partial charge in [-0.15, -0.1) is 0 Å². The molecular formula is C22H21ClF6N4O. The van der Waals surface area contributed by atoms with E-state index in [0.717, 1.165) is 23.8 Å². The predicted molar refractivity (Wildman–Crippen MR) is 117 cm³/mol. The quantitative estimate of drug-likeness (QED) is 0.579. The van der Waals surface area contributed by atoms with E-state index in [4.69, 9.17) is 11.6 Å². The molecule has 0 aromatic heterocycles. The van der Waals surface area contributed by atoms with Crippen molar-refractivity contribution in [2.75, 3.05) is 36.1 Å². The van der Waals surface area contributed by atoms with Crippen LogP contribution in [0.2, 0.25) is 5.02 Å². The lowest BCUT2D eigenvalue weighted by atomic mass is 9.90. The van der Waals surface area contributed by atoms with E-state index >= 15 is 0 Å². The van der Waals surface area contributed by atoms with Crippen LogP contribution in [0.15, 0.2) is 53.6 Å². The average molecular weight is 507 g/mol. The Morgan fingerprint density at radius 1 is 0.912 bits per heavy atom. The van der Waals surface area contributed by atoms with Gasteiger partial charge in [0.2, 0.25) is 0 Å². The van der Waals surface area contributed by atoms with Gasteiger partial charge in [-0.2, -0.15) is 31.4 Å². The van der Waals surface area contributed by atoms with Gasteiger partial charge in [-0.1, -0.05) is 35.9 Å². The van der Waals surface area contributed by atoms with Crippen LogP contribution in [0.25, 0.3) is 0 Å². The Bertz CT molecular complexity index is 1050. The lowest BCUT2D eigenvalue weighted by Gasteiger charge is -2.32. The highest BCUT2D eigenvalue weighted by Crippen LogP contribution is 2.49. The monoisotopic (exact) mass is 506 g/mol. The van der Waals surface area contributed by atoms with Crippen molar-refractivity contribution in [3.63, 3.8) is 0 Å². The van der Waals surface area contributed by atoms with Gasteiger partial charge in [0.25, 0.3) is 5.60 Å². The third-order valence-electron chi connectivity index (χ3n) is 5.99. The molecule has 2 N–H and O–H groups in total. The van der Waals surface area contributed by atoms with Crippen molar-refractivity contribution in [3.8, 4) is 0 Å². The van der Waals surface area contributed by atoms with Gasteiger partial charge in [0.05, 0.1) is 17.4 Å². The number of anilines is 2. The smallest absolute Gasteiger partial charge is 0.369 e. The molecule has 0 aliphatic carbocycles. The number of benzene rings is 2. The normalized spacial score (nSPS) is 20.0. The van der Waals surface area contributed by atoms with Crippen LogP contribution >= 0.6 is 11.6 Å². The minimum Gasteiger partial charge on any atom is -0.369 e. The van der Waals surface area contributed by atoms with Gasteiger partial charge in [-0.05, 0) is 29.8 Å². The van der Waals surface area contributed by atoms with Gasteiger partial charge in [0.15, 0.2) is 0 Å². The van der Waals surface area contributed by atoms with Crippen LogP contribution in [-0.4, -0.2) is 55.0 Å². The van der Waals surface area contributed by atoms with E-state index < -0.39 is 36.1 Å². The van der Waals surface area contributed by atoms with Crippen molar-refractivity contribution < 1.29 is 31.4 Å². The molecule has 184 valence electrons. The minimum atomic E-state index is -6.02. The van der Waals surface area contributed by atoms with E-state index in [-0.39, 0.29) is 10.7 Å². The number of rotatable bonds is 4. The second-order valence-electron chi connectivity index (χ2n) is 8.10. The highest BCUT2D eigenvalue weighted by molar-refractivity contribution is 6.31. The maximum Gasteiger partial charge on any atom is 0.431 e. The van der Waals surface area contributed by atoms with E-state index in [1.54, 1.807) is 30.3 Å². The number of hydrogen-bond donors (Lipinski definition) is 2. The molecule has 2 heterocycles. The molecule has 0 saturated carbocycles. The number of hydrogen-bond acceptors (Lipinski definition) is 5. The van der Waals surface area contributed by atoms with E-state index in [1.165, 1.54) is 12.1 Å². The molecule has 0 spiro atoms. The summed E-state index contributed by atoms with van der Waals surface area (Å²) in [4.78, 5) is 2.05. The highest BCUT2D eigenvalue weighted by atomic mass is 35.5. The zero-order valence-corrected chi connectivity index (χ0v) is 18.4. The van der Waals surface area contributed by atoms with Crippen molar-refractivity contribution in [1.82, 2.24) is 5.32 Å². The van der Waals surface area contributed by atoms with Crippen LogP contribution in [0.3, 0.4) is 0 Å². The number of nitrogens with one attached hydrogen (secondary N) is 1. The van der Waals surface area contributed by atoms with Crippen molar-refractivity contribution in [2.45, 2.75) is 30.4 Å². The Balaban J connectivity index is 1.82. The fraction of sp³-hybridized carbons (Fsp3) is 0.409. The molecule has 5 nitrogen and oxygen atoms in total. The third-order valence-corrected chi connectivity index (χ3v) is 6.33. The first-order chi connectivity index (χ1) is 15.9. The Hall–Kier alpha value is -2.50. The molecule has 1 saturated heterocycles. The Morgan fingerprint density at radius 3 is 2.15 bits per heavy atom. The maximum absolute atomic E-state index is 13.6. The summed E-state index contributed by atoms with van der Waals surface area (Å²) in [5, 5.41) is 18.2. The fourth-order valence-electron chi connectivity index (χ4n) is 4.20. The molecule has 2 aliphatic rings. The van der Waals surface area contributed by atoms with Crippen LogP contribution in [0.5, 0.6) is 0 Å². The summed E-state index contributed by atoms with van der Waals surface area (Å²) >= 11 is 6.25. The third kappa shape index (κ3) is 4.32. The molecular weight excluding hydrogens is 486 g/mol. The SMILES string of the molecule is OC(C1=NN(c2cccc(N3CCNCC3)c2)C(c2ccccc2Cl)C1)(C(F)(F)F)C(F)(F)F. The first kappa shape index (κ1) is 24.6. The molecule has 0 bridgehead atoms. The number of piperazine rings is 1. The molecule has 12 heteroatoms. The first-order valence-electron chi connectivity index (χ1n) is 10.5. The molecule has 1 fully saturated rings. The molecule has 34 heavy (non-hydrogen) atoms. The van der Waals surface area contributed by atoms with Gasteiger partial charge >= 0.3 is 12.4 Å². The molecule has 2 aromatic carbocycles. The Kier molecular flexibility index (Phi) is 6.47. The summed E-state index contributed by atoms with van der Waals surface area (Å²) in [6, 6.07) is 11.8. The van der Waals surface area contributed by atoms with Crippen LogP contribution < -0.4 is 15.2 Å². The van der Waals surface area contributed by atoms with E-state index in [2.05, 4.69) is 10.4 Å². The number of alkyl halides is 6. The molecule has 2 aromatic rings. The van der Waals surface area contributed by atoms with Crippen molar-refractivity contribution in [2.24, 2.45) is 5.10 Å². The van der Waals surface area contributed by atoms with Gasteiger partial charge in [0.1, 0.15) is 0 Å². The molecule has 4 rings (SSSR count). The second-order valence-corrected chi connectivity index (χ2v) is 8.50. The number of aliphatic hydroxyl groups is 1. The second kappa shape index (κ2) is 8.94. The van der Waals surface area contributed by atoms with Crippen molar-refractivity contribution in [3.05, 3.63) is 59.1 Å². The topological polar surface area (TPSA) is 51.1 Å². The van der Waals surface area contributed by atoms with Crippen LogP contribution in [-0.2, 0) is 0 Å². The van der Waals surface area contributed by atoms with E-state index in [0.29, 0.717) is 18.7 Å². The van der Waals surface area contributed by atoms with Gasteiger partial charge in [-0.3, -0.25) is 5.01 Å². The Morgan fingerprint density at radius 2 is 1.53 bits per heavy atom. The fourth-order valence-corrected chi connectivity index (χ4v) is 4.46. The summed E-state index contributed by atoms with van der Waals surface area (Å²) in [6.45, 7) is 2.85. The first-order valence-corrected chi connectivity index (χ1v) is 10.8. The van der Waals surface area contributed by atoms with Crippen LogP contribution in [0, 0.1) is 0 Å². The van der Waals surface area contributed by atoms with E-state index in [1.807, 2.05) is 11.0 Å². The zero-order valence-electron chi connectivity index (χ0n) is 17.7. The summed E-state index contributed by atoms with van der Waals surface area (Å²) in [7, 11) is 0. The van der Waals surface area contributed by atoms with Crippen LogP contribution in [0.1, 0.15) is 18.0 Å². The Labute approximate surface area is 196 Å². The summed E-state index contributed by atoms with van der Waals surface area (Å²) in [5.74, 6) is 0. The summed E-state index contributed by atoms with van der Waals surface area (Å²) in [6.07, 6.45) is -12.9. The number of hydrazone groups is 1. The molecule has 0 radical (unpaired) electrons. The lowest BCUT2D eigenvalue weighted by molar-refractivity contribution is -0.338. The molecule has 0 amide bonds. The standard InChI is InChI=1S/C22H21ClF6N4O/c23-17-7-2-1-6-16(17)18-13-19(20(34,21(24,25)26)22(27,28)29)31-33(18)15-5-3-4-14(12-15)32-10-8-30-9-11-32/h1-7,12,18,30,34H,8-11,13H2.